The minimum Gasteiger partial charge on any atom is -0.283 e. The number of nitrogens with zero attached hydrogens (tertiary/aromatic N) is 1. The largest absolute Gasteiger partial charge is 0.283 e. The second-order valence-electron chi connectivity index (χ2n) is 5.18. The van der Waals surface area contributed by atoms with Crippen LogP contribution in [0, 0.1) is 5.92 Å². The monoisotopic (exact) mass is 239 g/mol. The summed E-state index contributed by atoms with van der Waals surface area (Å²) in [7, 11) is 0. The zero-order valence-electron chi connectivity index (χ0n) is 11.2. The van der Waals surface area contributed by atoms with E-state index in [2.05, 4.69) is 13.8 Å². The molecule has 3 heteroatoms. The average molecular weight is 239 g/mol. The summed E-state index contributed by atoms with van der Waals surface area (Å²) in [6.45, 7) is 5.07. The predicted octanol–water partition coefficient (Wildman–Crippen LogP) is 3.13. The predicted molar refractivity (Wildman–Crippen MR) is 68.5 cm³/mol. The number of rotatable bonds is 8. The molecule has 0 radical (unpaired) electrons. The van der Waals surface area contributed by atoms with Gasteiger partial charge in [-0.15, -0.1) is 0 Å². The minimum atomic E-state index is 0.0215. The maximum atomic E-state index is 11.4. The number of carbonyl (C=O) groups excluding carboxylic acids is 2. The Morgan fingerprint density at radius 1 is 1.06 bits per heavy atom. The smallest absolute Gasteiger partial charge is 0.229 e. The number of hydrogen-bond donors (Lipinski definition) is 0. The molecule has 1 atom stereocenters. The third kappa shape index (κ3) is 4.88. The van der Waals surface area contributed by atoms with E-state index in [1.54, 1.807) is 0 Å². The number of likely N-dealkylation sites (tertiary alicyclic amines) is 1. The molecule has 0 aromatic rings. The molecule has 0 N–H and O–H groups in total. The zero-order valence-corrected chi connectivity index (χ0v) is 11.2. The first-order valence-corrected chi connectivity index (χ1v) is 6.98. The van der Waals surface area contributed by atoms with Crippen molar-refractivity contribution in [3.8, 4) is 0 Å². The Hall–Kier alpha value is -0.860. The molecule has 0 saturated carbocycles. The lowest BCUT2D eigenvalue weighted by Crippen LogP contribution is -2.30. The Morgan fingerprint density at radius 3 is 2.29 bits per heavy atom. The van der Waals surface area contributed by atoms with Gasteiger partial charge in [-0.3, -0.25) is 14.5 Å². The van der Waals surface area contributed by atoms with Gasteiger partial charge in [-0.25, -0.2) is 0 Å². The normalized spacial score (nSPS) is 17.9. The van der Waals surface area contributed by atoms with Gasteiger partial charge in [0.2, 0.25) is 11.8 Å². The van der Waals surface area contributed by atoms with Gasteiger partial charge in [-0.2, -0.15) is 0 Å². The number of carbonyl (C=O) groups is 2. The van der Waals surface area contributed by atoms with E-state index in [9.17, 15) is 9.59 Å². The van der Waals surface area contributed by atoms with Crippen LogP contribution in [-0.2, 0) is 9.59 Å². The summed E-state index contributed by atoms with van der Waals surface area (Å²) in [5.74, 6) is 0.662. The highest BCUT2D eigenvalue weighted by Crippen LogP contribution is 2.17. The molecule has 1 aliphatic rings. The lowest BCUT2D eigenvalue weighted by Gasteiger charge is -2.17. The molecule has 1 unspecified atom stereocenters. The Labute approximate surface area is 105 Å². The van der Waals surface area contributed by atoms with Crippen LogP contribution in [0.3, 0.4) is 0 Å². The molecular weight excluding hydrogens is 214 g/mol. The summed E-state index contributed by atoms with van der Waals surface area (Å²) < 4.78 is 0. The summed E-state index contributed by atoms with van der Waals surface area (Å²) in [6.07, 6.45) is 8.19. The molecular formula is C14H25NO2. The van der Waals surface area contributed by atoms with Crippen molar-refractivity contribution in [2.75, 3.05) is 6.54 Å². The Kier molecular flexibility index (Phi) is 6.23. The highest BCUT2D eigenvalue weighted by molar-refractivity contribution is 6.01. The molecule has 1 saturated heterocycles. The molecule has 0 aliphatic carbocycles. The molecule has 2 amide bonds. The van der Waals surface area contributed by atoms with Gasteiger partial charge < -0.3 is 0 Å². The van der Waals surface area contributed by atoms with Crippen LogP contribution < -0.4 is 0 Å². The number of unbranched alkanes of at least 4 members (excludes halogenated alkanes) is 3. The van der Waals surface area contributed by atoms with Crippen molar-refractivity contribution in [1.82, 2.24) is 4.90 Å². The number of hydrogen-bond acceptors (Lipinski definition) is 2. The highest BCUT2D eigenvalue weighted by Gasteiger charge is 2.28. The van der Waals surface area contributed by atoms with Gasteiger partial charge in [-0.1, -0.05) is 46.0 Å². The molecule has 0 aromatic carbocycles. The Balaban J connectivity index is 2.12. The highest BCUT2D eigenvalue weighted by atomic mass is 16.2. The van der Waals surface area contributed by atoms with E-state index in [0.717, 1.165) is 6.42 Å². The quantitative estimate of drug-likeness (QED) is 0.482. The van der Waals surface area contributed by atoms with E-state index in [1.807, 2.05) is 0 Å². The van der Waals surface area contributed by atoms with E-state index in [-0.39, 0.29) is 11.8 Å². The van der Waals surface area contributed by atoms with Gasteiger partial charge in [0.15, 0.2) is 0 Å². The topological polar surface area (TPSA) is 37.4 Å². The second-order valence-corrected chi connectivity index (χ2v) is 5.18. The maximum absolute atomic E-state index is 11.4. The van der Waals surface area contributed by atoms with Crippen LogP contribution in [0.5, 0.6) is 0 Å². The van der Waals surface area contributed by atoms with Crippen molar-refractivity contribution < 1.29 is 9.59 Å². The van der Waals surface area contributed by atoms with E-state index in [1.165, 1.54) is 37.0 Å². The molecule has 1 heterocycles. The van der Waals surface area contributed by atoms with Crippen LogP contribution in [0.4, 0.5) is 0 Å². The fraction of sp³-hybridized carbons (Fsp3) is 0.857. The fourth-order valence-electron chi connectivity index (χ4n) is 2.29. The van der Waals surface area contributed by atoms with Gasteiger partial charge in [0.25, 0.3) is 0 Å². The summed E-state index contributed by atoms with van der Waals surface area (Å²) in [4.78, 5) is 24.3. The second kappa shape index (κ2) is 7.46. The van der Waals surface area contributed by atoms with Crippen molar-refractivity contribution in [2.24, 2.45) is 5.92 Å². The third-order valence-corrected chi connectivity index (χ3v) is 3.55. The molecule has 3 nitrogen and oxygen atoms in total. The molecule has 0 aromatic heterocycles. The Bertz CT molecular complexity index is 247. The lowest BCUT2D eigenvalue weighted by atomic mass is 9.99. The Morgan fingerprint density at radius 2 is 1.71 bits per heavy atom. The van der Waals surface area contributed by atoms with E-state index in [4.69, 9.17) is 0 Å². The fourth-order valence-corrected chi connectivity index (χ4v) is 2.29. The number of amides is 2. The van der Waals surface area contributed by atoms with Crippen LogP contribution in [0.25, 0.3) is 0 Å². The van der Waals surface area contributed by atoms with Crippen LogP contribution in [0.1, 0.15) is 65.2 Å². The molecule has 17 heavy (non-hydrogen) atoms. The maximum Gasteiger partial charge on any atom is 0.229 e. The minimum absolute atomic E-state index is 0.0215. The van der Waals surface area contributed by atoms with Crippen LogP contribution in [0.15, 0.2) is 0 Å². The van der Waals surface area contributed by atoms with Gasteiger partial charge in [0.1, 0.15) is 0 Å². The number of imide groups is 1. The van der Waals surface area contributed by atoms with E-state index in [0.29, 0.717) is 25.3 Å². The van der Waals surface area contributed by atoms with Crippen molar-refractivity contribution in [3.63, 3.8) is 0 Å². The molecule has 1 rings (SSSR count). The van der Waals surface area contributed by atoms with Gasteiger partial charge in [0, 0.05) is 19.4 Å². The van der Waals surface area contributed by atoms with Crippen LogP contribution in [-0.4, -0.2) is 23.3 Å². The van der Waals surface area contributed by atoms with Gasteiger partial charge in [0.05, 0.1) is 0 Å². The zero-order chi connectivity index (χ0) is 12.7. The first kappa shape index (κ1) is 14.2. The molecule has 1 aliphatic heterocycles. The van der Waals surface area contributed by atoms with Gasteiger partial charge >= 0.3 is 0 Å². The van der Waals surface area contributed by atoms with Crippen molar-refractivity contribution in [2.45, 2.75) is 65.2 Å². The average Bonchev–Trinajstić information content (AvgIpc) is 2.62. The lowest BCUT2D eigenvalue weighted by molar-refractivity contribution is -0.138. The molecule has 0 bridgehead atoms. The molecule has 1 fully saturated rings. The van der Waals surface area contributed by atoms with Crippen molar-refractivity contribution in [3.05, 3.63) is 0 Å². The van der Waals surface area contributed by atoms with E-state index >= 15 is 0 Å². The third-order valence-electron chi connectivity index (χ3n) is 3.55. The van der Waals surface area contributed by atoms with Gasteiger partial charge in [-0.05, 0) is 12.3 Å². The summed E-state index contributed by atoms with van der Waals surface area (Å²) >= 11 is 0. The van der Waals surface area contributed by atoms with E-state index < -0.39 is 0 Å². The summed E-state index contributed by atoms with van der Waals surface area (Å²) in [6, 6.07) is 0. The SMILES string of the molecule is CCCCCCC(C)CCN1C(=O)CCC1=O. The first-order chi connectivity index (χ1) is 8.15. The first-order valence-electron chi connectivity index (χ1n) is 6.98. The molecule has 98 valence electrons. The summed E-state index contributed by atoms with van der Waals surface area (Å²) in [5, 5.41) is 0. The molecule has 0 spiro atoms. The van der Waals surface area contributed by atoms with Crippen molar-refractivity contribution >= 4 is 11.8 Å². The summed E-state index contributed by atoms with van der Waals surface area (Å²) in [5.41, 5.74) is 0. The van der Waals surface area contributed by atoms with Crippen molar-refractivity contribution in [1.29, 1.82) is 0 Å². The standard InChI is InChI=1S/C14H25NO2/c1-3-4-5-6-7-12(2)10-11-15-13(16)8-9-14(15)17/h12H,3-11H2,1-2H3. The van der Waals surface area contributed by atoms with Crippen LogP contribution >= 0.6 is 0 Å². The van der Waals surface area contributed by atoms with Crippen LogP contribution in [0.2, 0.25) is 0 Å².